The number of benzene rings is 2. The number of hydrogen-bond acceptors (Lipinski definition) is 8. The Morgan fingerprint density at radius 2 is 1.67 bits per heavy atom. The number of thiophene rings is 1. The number of pyridine rings is 1. The third kappa shape index (κ3) is 5.79. The zero-order chi connectivity index (χ0) is 30.8. The Morgan fingerprint density at radius 3 is 2.30 bits per heavy atom. The molecule has 0 atom stereocenters. The molecule has 10 nitrogen and oxygen atoms in total. The van der Waals surface area contributed by atoms with Gasteiger partial charge in [-0.1, -0.05) is 12.1 Å². The van der Waals surface area contributed by atoms with Crippen molar-refractivity contribution in [2.24, 2.45) is 0 Å². The molecule has 0 radical (unpaired) electrons. The minimum Gasteiger partial charge on any atom is -0.475 e. The average Bonchev–Trinajstić information content (AvgIpc) is 3.34. The van der Waals surface area contributed by atoms with Crippen molar-refractivity contribution in [3.05, 3.63) is 114 Å². The Hall–Kier alpha value is -4.82. The minimum atomic E-state index is -0.914. The zero-order valence-electron chi connectivity index (χ0n) is 22.9. The molecule has 5 rings (SSSR count). The fraction of sp³-hybridized carbons (Fsp3) is 0.207. The van der Waals surface area contributed by atoms with Gasteiger partial charge in [0.05, 0.1) is 16.9 Å². The first-order valence-electron chi connectivity index (χ1n) is 12.9. The van der Waals surface area contributed by atoms with E-state index in [1.165, 1.54) is 48.5 Å². The van der Waals surface area contributed by atoms with Crippen LogP contribution in [0.15, 0.2) is 70.3 Å². The standard InChI is InChI=1S/C29H24F3N5O5S/c1-34(2)15-20-25-27(38)36(23-7-4-8-24(33-23)42-14-13-30)29(39)35(16-19-21(31)5-3-6-22(19)32)28(25)43-26(20)17-9-11-18(12-10-17)37(40)41/h3-12H,13-16H2,1-2H3. The molecule has 3 heterocycles. The fourth-order valence-corrected chi connectivity index (χ4v) is 5.94. The first-order valence-corrected chi connectivity index (χ1v) is 13.7. The number of non-ortho nitro benzene ring substituents is 1. The Labute approximate surface area is 246 Å². The summed E-state index contributed by atoms with van der Waals surface area (Å²) in [5.74, 6) is -1.91. The van der Waals surface area contributed by atoms with Crippen LogP contribution in [0.5, 0.6) is 5.88 Å². The molecule has 0 bridgehead atoms. The first kappa shape index (κ1) is 29.7. The van der Waals surface area contributed by atoms with Crippen LogP contribution < -0.4 is 16.0 Å². The van der Waals surface area contributed by atoms with Gasteiger partial charge in [-0.25, -0.2) is 22.5 Å². The highest BCUT2D eigenvalue weighted by atomic mass is 32.1. The van der Waals surface area contributed by atoms with Gasteiger partial charge in [-0.2, -0.15) is 4.98 Å². The summed E-state index contributed by atoms with van der Waals surface area (Å²) in [6.45, 7) is -1.40. The van der Waals surface area contributed by atoms with Crippen LogP contribution in [0.4, 0.5) is 18.9 Å². The van der Waals surface area contributed by atoms with E-state index < -0.39 is 41.0 Å². The third-order valence-electron chi connectivity index (χ3n) is 6.53. The highest BCUT2D eigenvalue weighted by molar-refractivity contribution is 7.22. The van der Waals surface area contributed by atoms with Gasteiger partial charge in [0.1, 0.15) is 35.6 Å². The van der Waals surface area contributed by atoms with E-state index in [0.29, 0.717) is 16.0 Å². The van der Waals surface area contributed by atoms with Crippen LogP contribution in [0.3, 0.4) is 0 Å². The number of nitrogens with zero attached hydrogens (tertiary/aromatic N) is 5. The van der Waals surface area contributed by atoms with Gasteiger partial charge in [0.2, 0.25) is 5.88 Å². The lowest BCUT2D eigenvalue weighted by atomic mass is 10.1. The molecule has 0 saturated heterocycles. The molecule has 222 valence electrons. The van der Waals surface area contributed by atoms with Crippen LogP contribution in [-0.4, -0.2) is 51.3 Å². The molecule has 0 spiro atoms. The fourth-order valence-electron chi connectivity index (χ4n) is 4.64. The van der Waals surface area contributed by atoms with Crippen molar-refractivity contribution in [3.8, 4) is 22.1 Å². The number of ether oxygens (including phenoxy) is 1. The average molecular weight is 612 g/mol. The maximum atomic E-state index is 14.8. The Bertz CT molecular complexity index is 1930. The van der Waals surface area contributed by atoms with Gasteiger partial charge in [0.25, 0.3) is 11.2 Å². The molecule has 0 aliphatic carbocycles. The number of hydrogen-bond donors (Lipinski definition) is 0. The van der Waals surface area contributed by atoms with E-state index >= 15 is 0 Å². The zero-order valence-corrected chi connectivity index (χ0v) is 23.7. The minimum absolute atomic E-state index is 0.0290. The number of fused-ring (bicyclic) bond motifs is 1. The molecule has 0 saturated carbocycles. The van der Waals surface area contributed by atoms with Crippen LogP contribution in [0.1, 0.15) is 11.1 Å². The molecule has 0 amide bonds. The molecular formula is C29H24F3N5O5S. The van der Waals surface area contributed by atoms with Crippen molar-refractivity contribution in [1.82, 2.24) is 19.0 Å². The number of nitro benzene ring substituents is 1. The summed E-state index contributed by atoms with van der Waals surface area (Å²) in [5.41, 5.74) is -1.11. The van der Waals surface area contributed by atoms with Crippen molar-refractivity contribution in [3.63, 3.8) is 0 Å². The van der Waals surface area contributed by atoms with Gasteiger partial charge in [-0.3, -0.25) is 19.5 Å². The molecule has 5 aromatic rings. The topological polar surface area (TPSA) is 112 Å². The van der Waals surface area contributed by atoms with E-state index in [9.17, 15) is 32.9 Å². The molecular weight excluding hydrogens is 587 g/mol. The molecule has 0 N–H and O–H groups in total. The molecule has 3 aromatic heterocycles. The Kier molecular flexibility index (Phi) is 8.41. The van der Waals surface area contributed by atoms with Crippen LogP contribution in [-0.2, 0) is 13.1 Å². The summed E-state index contributed by atoms with van der Waals surface area (Å²) in [4.78, 5) is 45.6. The van der Waals surface area contributed by atoms with Crippen LogP contribution in [0.2, 0.25) is 0 Å². The van der Waals surface area contributed by atoms with Crippen molar-refractivity contribution in [2.75, 3.05) is 27.4 Å². The lowest BCUT2D eigenvalue weighted by Gasteiger charge is -2.15. The SMILES string of the molecule is CN(C)Cc1c(-c2ccc([N+](=O)[O-])cc2)sc2c1c(=O)n(-c1cccc(OCCF)n1)c(=O)n2Cc1c(F)cccc1F. The quantitative estimate of drug-likeness (QED) is 0.163. The van der Waals surface area contributed by atoms with Crippen molar-refractivity contribution in [1.29, 1.82) is 0 Å². The van der Waals surface area contributed by atoms with Crippen molar-refractivity contribution in [2.45, 2.75) is 13.1 Å². The van der Waals surface area contributed by atoms with Gasteiger partial charge in [0, 0.05) is 35.2 Å². The van der Waals surface area contributed by atoms with E-state index in [4.69, 9.17) is 4.74 Å². The number of aromatic nitrogens is 3. The van der Waals surface area contributed by atoms with E-state index in [-0.39, 0.29) is 46.3 Å². The van der Waals surface area contributed by atoms with E-state index in [2.05, 4.69) is 4.98 Å². The van der Waals surface area contributed by atoms with Gasteiger partial charge in [-0.05, 0) is 55.6 Å². The van der Waals surface area contributed by atoms with Crippen molar-refractivity contribution >= 4 is 27.2 Å². The monoisotopic (exact) mass is 611 g/mol. The maximum absolute atomic E-state index is 14.8. The number of alkyl halides is 1. The summed E-state index contributed by atoms with van der Waals surface area (Å²) in [6.07, 6.45) is 0. The number of rotatable bonds is 10. The van der Waals surface area contributed by atoms with Crippen LogP contribution in [0, 0.1) is 21.7 Å². The van der Waals surface area contributed by atoms with Crippen LogP contribution >= 0.6 is 11.3 Å². The van der Waals surface area contributed by atoms with Gasteiger partial charge in [0.15, 0.2) is 0 Å². The molecule has 0 aliphatic rings. The van der Waals surface area contributed by atoms with Gasteiger partial charge < -0.3 is 9.64 Å². The summed E-state index contributed by atoms with van der Waals surface area (Å²) in [5, 5.41) is 11.3. The van der Waals surface area contributed by atoms with Gasteiger partial charge in [-0.15, -0.1) is 11.3 Å². The van der Waals surface area contributed by atoms with Gasteiger partial charge >= 0.3 is 5.69 Å². The normalized spacial score (nSPS) is 11.4. The molecule has 2 aromatic carbocycles. The molecule has 43 heavy (non-hydrogen) atoms. The van der Waals surface area contributed by atoms with Crippen LogP contribution in [0.25, 0.3) is 26.5 Å². The number of nitro groups is 1. The second kappa shape index (κ2) is 12.2. The highest BCUT2D eigenvalue weighted by Gasteiger charge is 2.26. The molecule has 0 unspecified atom stereocenters. The highest BCUT2D eigenvalue weighted by Crippen LogP contribution is 2.38. The predicted octanol–water partition coefficient (Wildman–Crippen LogP) is 4.92. The smallest absolute Gasteiger partial charge is 0.338 e. The summed E-state index contributed by atoms with van der Waals surface area (Å²) in [6, 6.07) is 13.4. The maximum Gasteiger partial charge on any atom is 0.338 e. The predicted molar refractivity (Wildman–Crippen MR) is 156 cm³/mol. The molecule has 0 aliphatic heterocycles. The molecule has 0 fully saturated rings. The van der Waals surface area contributed by atoms with Crippen molar-refractivity contribution < 1.29 is 22.8 Å². The van der Waals surface area contributed by atoms with E-state index in [1.54, 1.807) is 19.0 Å². The molecule has 14 heteroatoms. The lowest BCUT2D eigenvalue weighted by Crippen LogP contribution is -2.39. The summed E-state index contributed by atoms with van der Waals surface area (Å²) in [7, 11) is 3.55. The Morgan fingerprint density at radius 1 is 1.00 bits per heavy atom. The second-order valence-electron chi connectivity index (χ2n) is 9.71. The lowest BCUT2D eigenvalue weighted by molar-refractivity contribution is -0.384. The summed E-state index contributed by atoms with van der Waals surface area (Å²) < 4.78 is 49.5. The summed E-state index contributed by atoms with van der Waals surface area (Å²) >= 11 is 1.06. The largest absolute Gasteiger partial charge is 0.475 e. The first-order chi connectivity index (χ1) is 20.6. The third-order valence-corrected chi connectivity index (χ3v) is 7.83. The van der Waals surface area contributed by atoms with E-state index in [1.807, 2.05) is 0 Å². The van der Waals surface area contributed by atoms with E-state index in [0.717, 1.165) is 32.6 Å². The Balaban J connectivity index is 1.86. The second-order valence-corrected chi connectivity index (χ2v) is 10.7. The number of halogens is 3.